The maximum absolute atomic E-state index is 12.7. The highest BCUT2D eigenvalue weighted by molar-refractivity contribution is 9.10. The van der Waals surface area contributed by atoms with E-state index in [0.717, 1.165) is 39.1 Å². The molecule has 136 valence electrons. The molecule has 0 saturated heterocycles. The molecule has 0 aliphatic rings. The third kappa shape index (κ3) is 4.30. The maximum atomic E-state index is 12.7. The second-order valence-electron chi connectivity index (χ2n) is 6.12. The van der Waals surface area contributed by atoms with Crippen LogP contribution in [-0.4, -0.2) is 21.7 Å². The van der Waals surface area contributed by atoms with E-state index in [1.54, 1.807) is 11.8 Å². The lowest BCUT2D eigenvalue weighted by molar-refractivity contribution is -0.122. The molecule has 1 unspecified atom stereocenters. The van der Waals surface area contributed by atoms with Gasteiger partial charge in [-0.3, -0.25) is 4.79 Å². The zero-order chi connectivity index (χ0) is 18.5. The molecule has 0 radical (unpaired) electrons. The van der Waals surface area contributed by atoms with Crippen molar-refractivity contribution in [3.05, 3.63) is 64.4 Å². The number of para-hydroxylation sites is 2. The molecule has 4 nitrogen and oxygen atoms in total. The molecule has 6 heteroatoms. The van der Waals surface area contributed by atoms with Crippen molar-refractivity contribution in [2.45, 2.75) is 31.7 Å². The minimum Gasteiger partial charge on any atom is -0.348 e. The molecule has 0 fully saturated rings. The molecule has 1 heterocycles. The fourth-order valence-corrected chi connectivity index (χ4v) is 3.78. The molecule has 26 heavy (non-hydrogen) atoms. The van der Waals surface area contributed by atoms with Gasteiger partial charge >= 0.3 is 0 Å². The van der Waals surface area contributed by atoms with E-state index in [4.69, 9.17) is 0 Å². The molecule has 1 N–H and O–H groups in total. The van der Waals surface area contributed by atoms with Crippen LogP contribution in [0.15, 0.2) is 53.0 Å². The summed E-state index contributed by atoms with van der Waals surface area (Å²) in [5.74, 6) is 1.72. The molecule has 1 atom stereocenters. The Bertz CT molecular complexity index is 892. The molecular formula is C20H22BrN3OS. The van der Waals surface area contributed by atoms with Gasteiger partial charge in [0.15, 0.2) is 0 Å². The number of aromatic nitrogens is 2. The van der Waals surface area contributed by atoms with Gasteiger partial charge in [0.1, 0.15) is 12.4 Å². The van der Waals surface area contributed by atoms with Crippen molar-refractivity contribution in [1.29, 1.82) is 0 Å². The summed E-state index contributed by atoms with van der Waals surface area (Å²) < 4.78 is 3.06. The van der Waals surface area contributed by atoms with Gasteiger partial charge in [-0.05, 0) is 42.5 Å². The van der Waals surface area contributed by atoms with Crippen molar-refractivity contribution in [1.82, 2.24) is 14.9 Å². The highest BCUT2D eigenvalue weighted by Crippen LogP contribution is 2.21. The van der Waals surface area contributed by atoms with E-state index in [1.807, 2.05) is 59.4 Å². The Kier molecular flexibility index (Phi) is 6.38. The van der Waals surface area contributed by atoms with Crippen molar-refractivity contribution in [2.24, 2.45) is 0 Å². The summed E-state index contributed by atoms with van der Waals surface area (Å²) in [6, 6.07) is 16.1. The van der Waals surface area contributed by atoms with Crippen molar-refractivity contribution in [3.63, 3.8) is 0 Å². The zero-order valence-corrected chi connectivity index (χ0v) is 17.3. The Morgan fingerprint density at radius 1 is 1.23 bits per heavy atom. The number of thioether (sulfide) groups is 1. The minimum absolute atomic E-state index is 0.00488. The number of nitrogens with zero attached hydrogens (tertiary/aromatic N) is 2. The number of fused-ring (bicyclic) bond motifs is 1. The van der Waals surface area contributed by atoms with Crippen LogP contribution in [0.1, 0.15) is 30.8 Å². The molecule has 3 aromatic rings. The summed E-state index contributed by atoms with van der Waals surface area (Å²) >= 11 is 5.16. The predicted octanol–water partition coefficient (Wildman–Crippen LogP) is 4.93. The number of amides is 1. The van der Waals surface area contributed by atoms with Crippen LogP contribution in [0.25, 0.3) is 11.0 Å². The van der Waals surface area contributed by atoms with Gasteiger partial charge in [-0.2, -0.15) is 11.8 Å². The standard InChI is InChI=1S/C20H22BrN3OS/c1-3-16(14-8-10-15(21)11-9-14)23-20(25)12-24-18-7-5-4-6-17(18)22-19(24)13-26-2/h4-11,16H,3,12-13H2,1-2H3,(H,23,25). The topological polar surface area (TPSA) is 46.9 Å². The van der Waals surface area contributed by atoms with Crippen molar-refractivity contribution in [3.8, 4) is 0 Å². The summed E-state index contributed by atoms with van der Waals surface area (Å²) in [5.41, 5.74) is 3.05. The van der Waals surface area contributed by atoms with E-state index in [0.29, 0.717) is 0 Å². The van der Waals surface area contributed by atoms with Crippen molar-refractivity contribution >= 4 is 44.6 Å². The van der Waals surface area contributed by atoms with Crippen LogP contribution in [0.4, 0.5) is 0 Å². The van der Waals surface area contributed by atoms with Crippen LogP contribution < -0.4 is 5.32 Å². The van der Waals surface area contributed by atoms with Crippen LogP contribution >= 0.6 is 27.7 Å². The van der Waals surface area contributed by atoms with E-state index in [2.05, 4.69) is 33.2 Å². The normalized spacial score (nSPS) is 12.3. The quantitative estimate of drug-likeness (QED) is 0.576. The molecule has 3 rings (SSSR count). The number of hydrogen-bond donors (Lipinski definition) is 1. The molecule has 0 saturated carbocycles. The van der Waals surface area contributed by atoms with Gasteiger partial charge < -0.3 is 9.88 Å². The number of imidazole rings is 1. The number of halogens is 1. The second-order valence-corrected chi connectivity index (χ2v) is 7.90. The van der Waals surface area contributed by atoms with E-state index < -0.39 is 0 Å². The van der Waals surface area contributed by atoms with Gasteiger partial charge in [-0.15, -0.1) is 0 Å². The van der Waals surface area contributed by atoms with E-state index in [1.165, 1.54) is 0 Å². The molecular weight excluding hydrogens is 410 g/mol. The first-order chi connectivity index (χ1) is 12.6. The van der Waals surface area contributed by atoms with E-state index >= 15 is 0 Å². The first-order valence-electron chi connectivity index (χ1n) is 8.60. The van der Waals surface area contributed by atoms with Crippen LogP contribution in [0, 0.1) is 0 Å². The lowest BCUT2D eigenvalue weighted by Gasteiger charge is -2.18. The number of rotatable bonds is 7. The number of nitrogens with one attached hydrogen (secondary N) is 1. The van der Waals surface area contributed by atoms with Crippen LogP contribution in [-0.2, 0) is 17.1 Å². The lowest BCUT2D eigenvalue weighted by atomic mass is 10.0. The fourth-order valence-electron chi connectivity index (χ4n) is 3.04. The van der Waals surface area contributed by atoms with Crippen LogP contribution in [0.2, 0.25) is 0 Å². The Labute approximate surface area is 166 Å². The number of benzene rings is 2. The zero-order valence-electron chi connectivity index (χ0n) is 14.9. The Balaban J connectivity index is 1.79. The largest absolute Gasteiger partial charge is 0.348 e. The molecule has 0 aliphatic heterocycles. The van der Waals surface area contributed by atoms with Gasteiger partial charge in [-0.1, -0.05) is 47.1 Å². The number of carbonyl (C=O) groups excluding carboxylic acids is 1. The Morgan fingerprint density at radius 3 is 2.65 bits per heavy atom. The van der Waals surface area contributed by atoms with E-state index in [-0.39, 0.29) is 18.5 Å². The molecule has 1 amide bonds. The molecule has 1 aromatic heterocycles. The van der Waals surface area contributed by atoms with Crippen LogP contribution in [0.5, 0.6) is 0 Å². The van der Waals surface area contributed by atoms with Gasteiger partial charge in [0.05, 0.1) is 22.8 Å². The highest BCUT2D eigenvalue weighted by atomic mass is 79.9. The van der Waals surface area contributed by atoms with Gasteiger partial charge in [0.2, 0.25) is 5.91 Å². The number of hydrogen-bond acceptors (Lipinski definition) is 3. The lowest BCUT2D eigenvalue weighted by Crippen LogP contribution is -2.31. The molecule has 0 bridgehead atoms. The monoisotopic (exact) mass is 431 g/mol. The summed E-state index contributed by atoms with van der Waals surface area (Å²) in [7, 11) is 0. The molecule has 0 aliphatic carbocycles. The summed E-state index contributed by atoms with van der Waals surface area (Å²) in [6.45, 7) is 2.36. The van der Waals surface area contributed by atoms with Gasteiger partial charge in [0, 0.05) is 4.47 Å². The summed E-state index contributed by atoms with van der Waals surface area (Å²) in [6.07, 6.45) is 2.89. The van der Waals surface area contributed by atoms with Gasteiger partial charge in [-0.25, -0.2) is 4.98 Å². The third-order valence-electron chi connectivity index (χ3n) is 4.32. The Hall–Kier alpha value is -1.79. The number of carbonyl (C=O) groups is 1. The smallest absolute Gasteiger partial charge is 0.240 e. The molecule has 0 spiro atoms. The predicted molar refractivity (Wildman–Crippen MR) is 112 cm³/mol. The summed E-state index contributed by atoms with van der Waals surface area (Å²) in [5, 5.41) is 3.17. The first-order valence-corrected chi connectivity index (χ1v) is 10.8. The SMILES string of the molecule is CCC(NC(=O)Cn1c(CSC)nc2ccccc21)c1ccc(Br)cc1. The van der Waals surface area contributed by atoms with Crippen molar-refractivity contribution < 1.29 is 4.79 Å². The average Bonchev–Trinajstić information content (AvgIpc) is 2.98. The highest BCUT2D eigenvalue weighted by Gasteiger charge is 2.16. The molecule has 2 aromatic carbocycles. The minimum atomic E-state index is 0.00488. The Morgan fingerprint density at radius 2 is 1.96 bits per heavy atom. The van der Waals surface area contributed by atoms with E-state index in [9.17, 15) is 4.79 Å². The second kappa shape index (κ2) is 8.73. The average molecular weight is 432 g/mol. The van der Waals surface area contributed by atoms with Gasteiger partial charge in [0.25, 0.3) is 0 Å². The maximum Gasteiger partial charge on any atom is 0.240 e. The summed E-state index contributed by atoms with van der Waals surface area (Å²) in [4.78, 5) is 17.4. The van der Waals surface area contributed by atoms with Crippen molar-refractivity contribution in [2.75, 3.05) is 6.26 Å². The van der Waals surface area contributed by atoms with Crippen LogP contribution in [0.3, 0.4) is 0 Å². The first kappa shape index (κ1) is 19.0. The fraction of sp³-hybridized carbons (Fsp3) is 0.300. The third-order valence-corrected chi connectivity index (χ3v) is 5.40.